The molecule has 2 aromatic carbocycles. The monoisotopic (exact) mass is 464 g/mol. The normalized spacial score (nSPS) is 11.1. The molecular formula is C29H37ClN2O. The van der Waals surface area contributed by atoms with Gasteiger partial charge in [0.25, 0.3) is 5.91 Å². The van der Waals surface area contributed by atoms with E-state index in [4.69, 9.17) is 16.6 Å². The number of unbranched alkanes of at least 4 members (excludes halogenated alkanes) is 9. The van der Waals surface area contributed by atoms with Crippen LogP contribution in [0.25, 0.3) is 22.2 Å². The van der Waals surface area contributed by atoms with Gasteiger partial charge in [0, 0.05) is 22.5 Å². The molecule has 1 heterocycles. The van der Waals surface area contributed by atoms with Crippen molar-refractivity contribution in [2.24, 2.45) is 0 Å². The number of amides is 1. The van der Waals surface area contributed by atoms with Crippen LogP contribution in [-0.4, -0.2) is 17.4 Å². The van der Waals surface area contributed by atoms with Gasteiger partial charge in [-0.3, -0.25) is 4.79 Å². The smallest absolute Gasteiger partial charge is 0.252 e. The lowest BCUT2D eigenvalue weighted by Gasteiger charge is -2.15. The van der Waals surface area contributed by atoms with Gasteiger partial charge in [0.05, 0.1) is 16.8 Å². The molecule has 0 atom stereocenters. The van der Waals surface area contributed by atoms with E-state index in [1.165, 1.54) is 57.8 Å². The summed E-state index contributed by atoms with van der Waals surface area (Å²) >= 11 is 6.07. The van der Waals surface area contributed by atoms with Gasteiger partial charge in [0.1, 0.15) is 0 Å². The average molecular weight is 465 g/mol. The number of rotatable bonds is 13. The molecule has 0 unspecified atom stereocenters. The second kappa shape index (κ2) is 13.3. The summed E-state index contributed by atoms with van der Waals surface area (Å²) in [6, 6.07) is 15.5. The summed E-state index contributed by atoms with van der Waals surface area (Å²) < 4.78 is 0. The SMILES string of the molecule is CCCCCCCCCCCCNC(=O)c1c(C)c(-c2ccc(Cl)cc2)nc2ccccc12. The third-order valence-corrected chi connectivity index (χ3v) is 6.55. The topological polar surface area (TPSA) is 42.0 Å². The number of hydrogen-bond acceptors (Lipinski definition) is 2. The maximum absolute atomic E-state index is 13.2. The van der Waals surface area contributed by atoms with Crippen molar-refractivity contribution >= 4 is 28.4 Å². The molecule has 4 heteroatoms. The third kappa shape index (κ3) is 7.30. The van der Waals surface area contributed by atoms with Crippen LogP contribution in [0.15, 0.2) is 48.5 Å². The quantitative estimate of drug-likeness (QED) is 0.257. The predicted octanol–water partition coefficient (Wildman–Crippen LogP) is 8.51. The highest BCUT2D eigenvalue weighted by molar-refractivity contribution is 6.30. The van der Waals surface area contributed by atoms with Crippen molar-refractivity contribution in [3.8, 4) is 11.3 Å². The molecule has 0 aliphatic rings. The second-order valence-electron chi connectivity index (χ2n) is 8.92. The Kier molecular flexibility index (Phi) is 10.2. The van der Waals surface area contributed by atoms with Gasteiger partial charge in [0.15, 0.2) is 0 Å². The summed E-state index contributed by atoms with van der Waals surface area (Å²) in [5.74, 6) is -0.0164. The van der Waals surface area contributed by atoms with E-state index in [9.17, 15) is 4.79 Å². The van der Waals surface area contributed by atoms with E-state index in [0.29, 0.717) is 11.6 Å². The van der Waals surface area contributed by atoms with Gasteiger partial charge in [-0.15, -0.1) is 0 Å². The molecule has 33 heavy (non-hydrogen) atoms. The first-order chi connectivity index (χ1) is 16.1. The summed E-state index contributed by atoms with van der Waals surface area (Å²) in [5.41, 5.74) is 4.24. The Balaban J connectivity index is 1.58. The van der Waals surface area contributed by atoms with Crippen LogP contribution < -0.4 is 5.32 Å². The zero-order valence-electron chi connectivity index (χ0n) is 20.1. The molecule has 0 aliphatic carbocycles. The lowest BCUT2D eigenvalue weighted by Crippen LogP contribution is -2.26. The molecule has 176 valence electrons. The van der Waals surface area contributed by atoms with Crippen LogP contribution in [-0.2, 0) is 0 Å². The van der Waals surface area contributed by atoms with Gasteiger partial charge in [-0.2, -0.15) is 0 Å². The number of para-hydroxylation sites is 1. The number of halogens is 1. The number of nitrogens with one attached hydrogen (secondary N) is 1. The number of carbonyl (C=O) groups is 1. The highest BCUT2D eigenvalue weighted by atomic mass is 35.5. The van der Waals surface area contributed by atoms with Crippen LogP contribution in [0.4, 0.5) is 0 Å². The fraction of sp³-hybridized carbons (Fsp3) is 0.448. The van der Waals surface area contributed by atoms with E-state index in [1.54, 1.807) is 0 Å². The van der Waals surface area contributed by atoms with Crippen LogP contribution in [0.1, 0.15) is 87.1 Å². The highest BCUT2D eigenvalue weighted by Gasteiger charge is 2.18. The van der Waals surface area contributed by atoms with E-state index >= 15 is 0 Å². The summed E-state index contributed by atoms with van der Waals surface area (Å²) in [6.45, 7) is 4.95. The first-order valence-electron chi connectivity index (χ1n) is 12.5. The van der Waals surface area contributed by atoms with Crippen molar-refractivity contribution in [3.63, 3.8) is 0 Å². The fourth-order valence-corrected chi connectivity index (χ4v) is 4.52. The minimum atomic E-state index is -0.0164. The summed E-state index contributed by atoms with van der Waals surface area (Å²) in [6.07, 6.45) is 12.9. The summed E-state index contributed by atoms with van der Waals surface area (Å²) in [5, 5.41) is 4.74. The van der Waals surface area contributed by atoms with Gasteiger partial charge >= 0.3 is 0 Å². The van der Waals surface area contributed by atoms with Crippen LogP contribution in [0.5, 0.6) is 0 Å². The average Bonchev–Trinajstić information content (AvgIpc) is 2.82. The molecule has 3 rings (SSSR count). The Morgan fingerprint density at radius 1 is 0.848 bits per heavy atom. The van der Waals surface area contributed by atoms with Crippen molar-refractivity contribution in [3.05, 3.63) is 64.7 Å². The van der Waals surface area contributed by atoms with Crippen molar-refractivity contribution in [1.82, 2.24) is 10.3 Å². The van der Waals surface area contributed by atoms with Gasteiger partial charge in [-0.1, -0.05) is 107 Å². The molecule has 3 nitrogen and oxygen atoms in total. The maximum Gasteiger partial charge on any atom is 0.252 e. The first kappa shape index (κ1) is 25.2. The number of nitrogens with zero attached hydrogens (tertiary/aromatic N) is 1. The van der Waals surface area contributed by atoms with E-state index in [0.717, 1.165) is 39.7 Å². The molecule has 0 aliphatic heterocycles. The van der Waals surface area contributed by atoms with Crippen LogP contribution in [0, 0.1) is 6.92 Å². The molecule has 0 bridgehead atoms. The number of aromatic nitrogens is 1. The Bertz CT molecular complexity index is 1030. The van der Waals surface area contributed by atoms with E-state index < -0.39 is 0 Å². The molecule has 1 N–H and O–H groups in total. The number of fused-ring (bicyclic) bond motifs is 1. The van der Waals surface area contributed by atoms with Gasteiger partial charge in [-0.05, 0) is 37.1 Å². The van der Waals surface area contributed by atoms with Crippen LogP contribution in [0.2, 0.25) is 5.02 Å². The van der Waals surface area contributed by atoms with Crippen molar-refractivity contribution in [2.45, 2.75) is 78.1 Å². The predicted molar refractivity (Wildman–Crippen MR) is 141 cm³/mol. The van der Waals surface area contributed by atoms with Gasteiger partial charge in [-0.25, -0.2) is 4.98 Å². The van der Waals surface area contributed by atoms with E-state index in [1.807, 2.05) is 55.5 Å². The van der Waals surface area contributed by atoms with Crippen molar-refractivity contribution in [2.75, 3.05) is 6.54 Å². The Labute approximate surface area is 204 Å². The minimum Gasteiger partial charge on any atom is -0.352 e. The number of carbonyl (C=O) groups excluding carboxylic acids is 1. The molecule has 1 aromatic heterocycles. The molecule has 0 saturated carbocycles. The zero-order chi connectivity index (χ0) is 23.5. The van der Waals surface area contributed by atoms with E-state index in [-0.39, 0.29) is 5.91 Å². The van der Waals surface area contributed by atoms with Crippen LogP contribution in [0.3, 0.4) is 0 Å². The fourth-order valence-electron chi connectivity index (χ4n) is 4.39. The Morgan fingerprint density at radius 3 is 2.12 bits per heavy atom. The zero-order valence-corrected chi connectivity index (χ0v) is 20.9. The lowest BCUT2D eigenvalue weighted by molar-refractivity contribution is 0.0954. The summed E-state index contributed by atoms with van der Waals surface area (Å²) in [4.78, 5) is 18.1. The standard InChI is InChI=1S/C29H37ClN2O/c1-3-4-5-6-7-8-9-10-11-14-21-31-29(33)27-22(2)28(23-17-19-24(30)20-18-23)32-26-16-13-12-15-25(26)27/h12-13,15-20H,3-11,14,21H2,1-2H3,(H,31,33). The molecule has 0 fully saturated rings. The molecular weight excluding hydrogens is 428 g/mol. The Hall–Kier alpha value is -2.39. The molecule has 0 radical (unpaired) electrons. The maximum atomic E-state index is 13.2. The highest BCUT2D eigenvalue weighted by Crippen LogP contribution is 2.30. The minimum absolute atomic E-state index is 0.0164. The molecule has 0 saturated heterocycles. The van der Waals surface area contributed by atoms with E-state index in [2.05, 4.69) is 12.2 Å². The van der Waals surface area contributed by atoms with Crippen molar-refractivity contribution in [1.29, 1.82) is 0 Å². The first-order valence-corrected chi connectivity index (χ1v) is 12.9. The third-order valence-electron chi connectivity index (χ3n) is 6.30. The van der Waals surface area contributed by atoms with Gasteiger partial charge in [0.2, 0.25) is 0 Å². The molecule has 0 spiro atoms. The molecule has 1 amide bonds. The summed E-state index contributed by atoms with van der Waals surface area (Å²) in [7, 11) is 0. The van der Waals surface area contributed by atoms with Crippen LogP contribution >= 0.6 is 11.6 Å². The Morgan fingerprint density at radius 2 is 1.45 bits per heavy atom. The van der Waals surface area contributed by atoms with Crippen molar-refractivity contribution < 1.29 is 4.79 Å². The lowest BCUT2D eigenvalue weighted by atomic mass is 9.97. The largest absolute Gasteiger partial charge is 0.352 e. The number of hydrogen-bond donors (Lipinski definition) is 1. The molecule has 3 aromatic rings. The van der Waals surface area contributed by atoms with Gasteiger partial charge < -0.3 is 5.32 Å². The number of pyridine rings is 1. The second-order valence-corrected chi connectivity index (χ2v) is 9.36. The number of benzene rings is 2.